The van der Waals surface area contributed by atoms with Crippen molar-refractivity contribution < 1.29 is 0 Å². The molecule has 34 valence electrons. The van der Waals surface area contributed by atoms with Crippen LogP contribution in [-0.4, -0.2) is 11.9 Å². The fourth-order valence-corrected chi connectivity index (χ4v) is 1.26. The second-order valence-corrected chi connectivity index (χ2v) is 2.33. The molecule has 1 aliphatic heterocycles. The summed E-state index contributed by atoms with van der Waals surface area (Å²) in [4.78, 5) is 0. The van der Waals surface area contributed by atoms with Crippen LogP contribution in [-0.2, 0) is 0 Å². The number of hydrogen-bond donors (Lipinski definition) is 1. The molecule has 0 spiro atoms. The van der Waals surface area contributed by atoms with Gasteiger partial charge in [-0.05, 0) is 6.92 Å². The van der Waals surface area contributed by atoms with Gasteiger partial charge in [0.15, 0.2) is 11.8 Å². The van der Waals surface area contributed by atoms with Crippen molar-refractivity contribution in [2.45, 2.75) is 13.0 Å². The fourth-order valence-electron chi connectivity index (χ4n) is 0.420. The van der Waals surface area contributed by atoms with Crippen molar-refractivity contribution in [2.75, 3.05) is 5.88 Å². The Hall–Kier alpha value is 0.180. The lowest BCUT2D eigenvalue weighted by atomic mass is 10.4. The molecule has 1 aliphatic rings. The van der Waals surface area contributed by atoms with Crippen LogP contribution in [0.1, 0.15) is 6.92 Å². The molecule has 0 aromatic rings. The highest BCUT2D eigenvalue weighted by atomic mass is 32.2. The number of hydrogen-bond acceptors (Lipinski definition) is 2. The van der Waals surface area contributed by atoms with Gasteiger partial charge in [-0.1, -0.05) is 0 Å². The summed E-state index contributed by atoms with van der Waals surface area (Å²) in [5.74, 6) is 3.31. The summed E-state index contributed by atoms with van der Waals surface area (Å²) < 4.78 is 0. The zero-order valence-electron chi connectivity index (χ0n) is 3.77. The molecular weight excluding hydrogens is 94.1 g/mol. The maximum absolute atomic E-state index is 3.23. The molecule has 1 nitrogen and oxygen atoms in total. The first kappa shape index (κ1) is 4.34. The monoisotopic (exact) mass is 102 g/mol. The first-order chi connectivity index (χ1) is 2.89. The SMILES string of the molecule is CC1[CH+]SCN1. The Labute approximate surface area is 42.5 Å². The van der Waals surface area contributed by atoms with Crippen LogP contribution in [0.25, 0.3) is 0 Å². The Balaban J connectivity index is 2.18. The summed E-state index contributed by atoms with van der Waals surface area (Å²) in [5.41, 5.74) is 0. The zero-order chi connectivity index (χ0) is 4.41. The van der Waals surface area contributed by atoms with E-state index in [0.717, 1.165) is 5.88 Å². The molecule has 1 heterocycles. The van der Waals surface area contributed by atoms with Gasteiger partial charge in [0.1, 0.15) is 0 Å². The van der Waals surface area contributed by atoms with Crippen molar-refractivity contribution in [1.29, 1.82) is 0 Å². The van der Waals surface area contributed by atoms with Gasteiger partial charge in [-0.25, -0.2) is 0 Å². The van der Waals surface area contributed by atoms with Crippen LogP contribution in [0.3, 0.4) is 0 Å². The molecule has 1 saturated heterocycles. The van der Waals surface area contributed by atoms with Gasteiger partial charge in [0.25, 0.3) is 0 Å². The first-order valence-electron chi connectivity index (χ1n) is 2.08. The summed E-state index contributed by atoms with van der Waals surface area (Å²) in [6.07, 6.45) is 0. The molecule has 1 fully saturated rings. The molecule has 0 aromatic heterocycles. The molecule has 1 atom stereocenters. The lowest BCUT2D eigenvalue weighted by Gasteiger charge is -1.84. The number of thioether (sulfide) groups is 1. The molecule has 0 amide bonds. The van der Waals surface area contributed by atoms with Crippen molar-refractivity contribution in [1.82, 2.24) is 5.32 Å². The van der Waals surface area contributed by atoms with Crippen molar-refractivity contribution in [3.05, 3.63) is 5.75 Å². The van der Waals surface area contributed by atoms with Crippen LogP contribution in [0.4, 0.5) is 0 Å². The third-order valence-electron chi connectivity index (χ3n) is 0.789. The van der Waals surface area contributed by atoms with E-state index in [1.54, 1.807) is 0 Å². The summed E-state index contributed by atoms with van der Waals surface area (Å²) in [6.45, 7) is 2.15. The maximum atomic E-state index is 3.23. The van der Waals surface area contributed by atoms with Gasteiger partial charge in [-0.3, -0.25) is 5.32 Å². The third-order valence-corrected chi connectivity index (χ3v) is 1.72. The Bertz CT molecular complexity index is 40.8. The molecule has 1 rings (SSSR count). The van der Waals surface area contributed by atoms with Gasteiger partial charge >= 0.3 is 0 Å². The molecule has 0 bridgehead atoms. The normalized spacial score (nSPS) is 33.2. The molecule has 0 saturated carbocycles. The van der Waals surface area contributed by atoms with E-state index in [1.165, 1.54) is 0 Å². The Kier molecular flexibility index (Phi) is 1.27. The van der Waals surface area contributed by atoms with Crippen molar-refractivity contribution in [3.8, 4) is 0 Å². The van der Waals surface area contributed by atoms with Crippen LogP contribution < -0.4 is 5.32 Å². The van der Waals surface area contributed by atoms with E-state index in [9.17, 15) is 0 Å². The van der Waals surface area contributed by atoms with Crippen LogP contribution in [0.15, 0.2) is 0 Å². The van der Waals surface area contributed by atoms with Gasteiger partial charge in [0.2, 0.25) is 0 Å². The minimum Gasteiger partial charge on any atom is -0.263 e. The van der Waals surface area contributed by atoms with Crippen molar-refractivity contribution >= 4 is 11.8 Å². The largest absolute Gasteiger partial charge is 0.263 e. The summed E-state index contributed by atoms with van der Waals surface area (Å²) >= 11 is 1.85. The van der Waals surface area contributed by atoms with E-state index in [-0.39, 0.29) is 0 Å². The topological polar surface area (TPSA) is 12.0 Å². The smallest absolute Gasteiger partial charge is 0.162 e. The van der Waals surface area contributed by atoms with E-state index in [2.05, 4.69) is 18.0 Å². The first-order valence-corrected chi connectivity index (χ1v) is 3.13. The Morgan fingerprint density at radius 1 is 2.00 bits per heavy atom. The highest BCUT2D eigenvalue weighted by molar-refractivity contribution is 8.01. The Morgan fingerprint density at radius 3 is 3.00 bits per heavy atom. The summed E-state index contributed by atoms with van der Waals surface area (Å²) in [7, 11) is 0. The third kappa shape index (κ3) is 0.820. The highest BCUT2D eigenvalue weighted by Gasteiger charge is 2.18. The maximum Gasteiger partial charge on any atom is 0.162 e. The standard InChI is InChI=1S/C4H8NS/c1-4-2-6-3-5-4/h2,4-5H,3H2,1H3/q+1. The number of nitrogens with one attached hydrogen (secondary N) is 1. The molecule has 0 aromatic carbocycles. The highest BCUT2D eigenvalue weighted by Crippen LogP contribution is 2.13. The molecule has 2 heteroatoms. The van der Waals surface area contributed by atoms with Crippen molar-refractivity contribution in [2.24, 2.45) is 0 Å². The average Bonchev–Trinajstić information content (AvgIpc) is 1.86. The number of rotatable bonds is 0. The second kappa shape index (κ2) is 1.76. The predicted molar refractivity (Wildman–Crippen MR) is 29.4 cm³/mol. The van der Waals surface area contributed by atoms with E-state index in [4.69, 9.17) is 0 Å². The van der Waals surface area contributed by atoms with E-state index in [1.807, 2.05) is 11.8 Å². The van der Waals surface area contributed by atoms with E-state index < -0.39 is 0 Å². The lowest BCUT2D eigenvalue weighted by Crippen LogP contribution is -2.16. The fraction of sp³-hybridized carbons (Fsp3) is 0.750. The summed E-state index contributed by atoms with van der Waals surface area (Å²) in [6, 6.07) is 0.634. The van der Waals surface area contributed by atoms with Crippen molar-refractivity contribution in [3.63, 3.8) is 0 Å². The molecular formula is C4H8NS+. The molecule has 1 N–H and O–H groups in total. The van der Waals surface area contributed by atoms with Crippen LogP contribution in [0, 0.1) is 5.75 Å². The minimum absolute atomic E-state index is 0.634. The molecule has 0 radical (unpaired) electrons. The molecule has 0 aliphatic carbocycles. The van der Waals surface area contributed by atoms with E-state index >= 15 is 0 Å². The molecule has 1 unspecified atom stereocenters. The van der Waals surface area contributed by atoms with E-state index in [0.29, 0.717) is 6.04 Å². The molecule has 6 heavy (non-hydrogen) atoms. The summed E-state index contributed by atoms with van der Waals surface area (Å²) in [5, 5.41) is 3.23. The second-order valence-electron chi connectivity index (χ2n) is 1.44. The van der Waals surface area contributed by atoms with Gasteiger partial charge in [0.05, 0.1) is 17.6 Å². The zero-order valence-corrected chi connectivity index (χ0v) is 4.59. The quantitative estimate of drug-likeness (QED) is 0.455. The van der Waals surface area contributed by atoms with Gasteiger partial charge in [0, 0.05) is 0 Å². The minimum atomic E-state index is 0.634. The average molecular weight is 102 g/mol. The van der Waals surface area contributed by atoms with Gasteiger partial charge < -0.3 is 0 Å². The van der Waals surface area contributed by atoms with Gasteiger partial charge in [-0.15, -0.1) is 0 Å². The van der Waals surface area contributed by atoms with Gasteiger partial charge in [-0.2, -0.15) is 0 Å². The predicted octanol–water partition coefficient (Wildman–Crippen LogP) is 0.831. The van der Waals surface area contributed by atoms with Crippen LogP contribution >= 0.6 is 11.8 Å². The van der Waals surface area contributed by atoms with Crippen LogP contribution in [0.5, 0.6) is 0 Å². The lowest BCUT2D eigenvalue weighted by molar-refractivity contribution is 0.725. The Morgan fingerprint density at radius 2 is 2.83 bits per heavy atom. The van der Waals surface area contributed by atoms with Crippen LogP contribution in [0.2, 0.25) is 0 Å².